The molecule has 1 saturated heterocycles. The quantitative estimate of drug-likeness (QED) is 0.787. The van der Waals surface area contributed by atoms with Gasteiger partial charge in [-0.15, -0.1) is 15.7 Å². The molecule has 0 aliphatic carbocycles. The SMILES string of the molecule is CC1=NC(c2nnc(N3CCC(Oc4cc(C)ccc4Br)CC3)s2)NO1. The number of piperidine rings is 1. The van der Waals surface area contributed by atoms with Gasteiger partial charge in [-0.1, -0.05) is 17.4 Å². The van der Waals surface area contributed by atoms with E-state index in [1.807, 2.05) is 13.0 Å². The number of aryl methyl sites for hydroxylation is 1. The smallest absolute Gasteiger partial charge is 0.208 e. The summed E-state index contributed by atoms with van der Waals surface area (Å²) in [6.45, 7) is 5.69. The van der Waals surface area contributed by atoms with Crippen LogP contribution in [0.15, 0.2) is 27.7 Å². The maximum absolute atomic E-state index is 6.20. The van der Waals surface area contributed by atoms with Crippen molar-refractivity contribution in [1.82, 2.24) is 15.7 Å². The number of nitrogens with one attached hydrogen (secondary N) is 1. The lowest BCUT2D eigenvalue weighted by Gasteiger charge is -2.31. The third kappa shape index (κ3) is 3.84. The molecule has 9 heteroatoms. The molecular weight excluding hydrogens is 418 g/mol. The fraction of sp³-hybridized carbons (Fsp3) is 0.471. The van der Waals surface area contributed by atoms with Gasteiger partial charge in [0.1, 0.15) is 11.9 Å². The molecular formula is C17H20BrN5O2S. The van der Waals surface area contributed by atoms with Gasteiger partial charge in [-0.05, 0) is 40.5 Å². The second-order valence-corrected chi connectivity index (χ2v) is 8.27. The van der Waals surface area contributed by atoms with Crippen molar-refractivity contribution in [1.29, 1.82) is 0 Å². The largest absolute Gasteiger partial charge is 0.489 e. The summed E-state index contributed by atoms with van der Waals surface area (Å²) in [5.74, 6) is 1.54. The first-order chi connectivity index (χ1) is 12.6. The van der Waals surface area contributed by atoms with Crippen LogP contribution in [0.4, 0.5) is 5.13 Å². The van der Waals surface area contributed by atoms with E-state index in [4.69, 9.17) is 9.57 Å². The third-order valence-corrected chi connectivity index (χ3v) is 6.08. The number of halogens is 1. The molecule has 1 aromatic heterocycles. The Morgan fingerprint density at radius 1 is 1.27 bits per heavy atom. The number of aromatic nitrogens is 2. The molecule has 138 valence electrons. The van der Waals surface area contributed by atoms with E-state index in [0.717, 1.165) is 46.3 Å². The number of rotatable bonds is 4. The number of anilines is 1. The number of benzene rings is 1. The molecule has 2 aliphatic rings. The number of hydrogen-bond acceptors (Lipinski definition) is 8. The summed E-state index contributed by atoms with van der Waals surface area (Å²) in [4.78, 5) is 11.8. The summed E-state index contributed by atoms with van der Waals surface area (Å²) in [5, 5.41) is 10.3. The molecule has 26 heavy (non-hydrogen) atoms. The van der Waals surface area contributed by atoms with Gasteiger partial charge in [-0.2, -0.15) is 0 Å². The second-order valence-electron chi connectivity index (χ2n) is 6.43. The first kappa shape index (κ1) is 17.7. The van der Waals surface area contributed by atoms with E-state index in [0.29, 0.717) is 5.90 Å². The molecule has 0 radical (unpaired) electrons. The fourth-order valence-corrected chi connectivity index (χ4v) is 4.21. The molecule has 3 heterocycles. The van der Waals surface area contributed by atoms with E-state index in [9.17, 15) is 0 Å². The molecule has 0 amide bonds. The highest BCUT2D eigenvalue weighted by Crippen LogP contribution is 2.32. The lowest BCUT2D eigenvalue weighted by atomic mass is 10.1. The van der Waals surface area contributed by atoms with E-state index in [1.54, 1.807) is 11.3 Å². The van der Waals surface area contributed by atoms with Gasteiger partial charge in [0.25, 0.3) is 0 Å². The monoisotopic (exact) mass is 437 g/mol. The van der Waals surface area contributed by atoms with Gasteiger partial charge in [0, 0.05) is 32.9 Å². The van der Waals surface area contributed by atoms with Crippen LogP contribution < -0.4 is 15.1 Å². The van der Waals surface area contributed by atoms with Crippen molar-refractivity contribution in [3.63, 3.8) is 0 Å². The molecule has 4 rings (SSSR count). The van der Waals surface area contributed by atoms with Crippen LogP contribution in [0.1, 0.15) is 36.5 Å². The third-order valence-electron chi connectivity index (χ3n) is 4.39. The minimum atomic E-state index is -0.249. The zero-order chi connectivity index (χ0) is 18.1. The van der Waals surface area contributed by atoms with Crippen LogP contribution >= 0.6 is 27.3 Å². The maximum atomic E-state index is 6.20. The number of hydroxylamine groups is 1. The molecule has 1 N–H and O–H groups in total. The minimum Gasteiger partial charge on any atom is -0.489 e. The lowest BCUT2D eigenvalue weighted by molar-refractivity contribution is 0.169. The minimum absolute atomic E-state index is 0.217. The van der Waals surface area contributed by atoms with Crippen LogP contribution in [0.3, 0.4) is 0 Å². The molecule has 1 atom stereocenters. The van der Waals surface area contributed by atoms with E-state index >= 15 is 0 Å². The Kier molecular flexibility index (Phi) is 5.10. The van der Waals surface area contributed by atoms with Crippen molar-refractivity contribution in [2.24, 2.45) is 4.99 Å². The van der Waals surface area contributed by atoms with E-state index in [-0.39, 0.29) is 12.3 Å². The Morgan fingerprint density at radius 2 is 2.08 bits per heavy atom. The van der Waals surface area contributed by atoms with Crippen molar-refractivity contribution < 1.29 is 9.57 Å². The standard InChI is InChI=1S/C17H20BrN5O2S/c1-10-3-4-13(18)14(9-10)24-12-5-7-23(8-6-12)17-21-20-16(26-17)15-19-11(2)25-22-15/h3-4,9,12,15,22H,5-8H2,1-2H3. The molecule has 7 nitrogen and oxygen atoms in total. The number of ether oxygens (including phenoxy) is 1. The van der Waals surface area contributed by atoms with E-state index in [2.05, 4.69) is 60.6 Å². The first-order valence-corrected chi connectivity index (χ1v) is 10.2. The molecule has 0 saturated carbocycles. The van der Waals surface area contributed by atoms with E-state index < -0.39 is 0 Å². The highest BCUT2D eigenvalue weighted by Gasteiger charge is 2.26. The molecule has 2 aliphatic heterocycles. The van der Waals surface area contributed by atoms with Crippen LogP contribution in [-0.2, 0) is 4.84 Å². The first-order valence-electron chi connectivity index (χ1n) is 8.56. The van der Waals surface area contributed by atoms with Crippen LogP contribution in [0, 0.1) is 6.92 Å². The van der Waals surface area contributed by atoms with Crippen LogP contribution in [-0.4, -0.2) is 35.3 Å². The summed E-state index contributed by atoms with van der Waals surface area (Å²) in [6, 6.07) is 6.18. The average molecular weight is 438 g/mol. The predicted octanol–water partition coefficient (Wildman–Crippen LogP) is 3.61. The zero-order valence-electron chi connectivity index (χ0n) is 14.6. The van der Waals surface area contributed by atoms with Gasteiger partial charge >= 0.3 is 0 Å². The molecule has 0 bridgehead atoms. The number of hydrogen-bond donors (Lipinski definition) is 1. The van der Waals surface area contributed by atoms with Gasteiger partial charge in [0.2, 0.25) is 11.0 Å². The Bertz CT molecular complexity index is 819. The molecule has 1 aromatic carbocycles. The van der Waals surface area contributed by atoms with Crippen LogP contribution in [0.2, 0.25) is 0 Å². The Labute approximate surface area is 164 Å². The highest BCUT2D eigenvalue weighted by atomic mass is 79.9. The van der Waals surface area contributed by atoms with Gasteiger partial charge < -0.3 is 14.5 Å². The fourth-order valence-electron chi connectivity index (χ4n) is 2.99. The van der Waals surface area contributed by atoms with Crippen molar-refractivity contribution in [3.8, 4) is 5.75 Å². The average Bonchev–Trinajstić information content (AvgIpc) is 3.28. The van der Waals surface area contributed by atoms with Crippen molar-refractivity contribution >= 4 is 38.3 Å². The Morgan fingerprint density at radius 3 is 2.81 bits per heavy atom. The summed E-state index contributed by atoms with van der Waals surface area (Å²) >= 11 is 5.12. The zero-order valence-corrected chi connectivity index (χ0v) is 17.0. The summed E-state index contributed by atoms with van der Waals surface area (Å²) < 4.78 is 7.20. The summed E-state index contributed by atoms with van der Waals surface area (Å²) in [6.07, 6.45) is 1.88. The summed E-state index contributed by atoms with van der Waals surface area (Å²) in [7, 11) is 0. The normalized spacial score (nSPS) is 20.8. The maximum Gasteiger partial charge on any atom is 0.208 e. The van der Waals surface area contributed by atoms with Crippen molar-refractivity contribution in [2.75, 3.05) is 18.0 Å². The topological polar surface area (TPSA) is 71.9 Å². The molecule has 1 fully saturated rings. The van der Waals surface area contributed by atoms with Crippen molar-refractivity contribution in [3.05, 3.63) is 33.2 Å². The molecule has 1 unspecified atom stereocenters. The molecule has 2 aromatic rings. The van der Waals surface area contributed by atoms with Gasteiger partial charge in [0.15, 0.2) is 11.2 Å². The van der Waals surface area contributed by atoms with Gasteiger partial charge in [-0.25, -0.2) is 4.99 Å². The number of nitrogens with zero attached hydrogens (tertiary/aromatic N) is 4. The van der Waals surface area contributed by atoms with Gasteiger partial charge in [0.05, 0.1) is 4.47 Å². The van der Waals surface area contributed by atoms with E-state index in [1.165, 1.54) is 5.56 Å². The summed E-state index contributed by atoms with van der Waals surface area (Å²) in [5.41, 5.74) is 4.04. The second kappa shape index (κ2) is 7.50. The van der Waals surface area contributed by atoms with Crippen LogP contribution in [0.25, 0.3) is 0 Å². The Balaban J connectivity index is 1.35. The Hall–Kier alpha value is -1.71. The van der Waals surface area contributed by atoms with Gasteiger partial charge in [-0.3, -0.25) is 0 Å². The molecule has 0 spiro atoms. The highest BCUT2D eigenvalue weighted by molar-refractivity contribution is 9.10. The van der Waals surface area contributed by atoms with Crippen LogP contribution in [0.5, 0.6) is 5.75 Å². The predicted molar refractivity (Wildman–Crippen MR) is 105 cm³/mol. The lowest BCUT2D eigenvalue weighted by Crippen LogP contribution is -2.38. The van der Waals surface area contributed by atoms with Crippen molar-refractivity contribution in [2.45, 2.75) is 39.0 Å². The number of aliphatic imine (C=N–C) groups is 1.